The molecule has 1 aliphatic carbocycles. The number of hydrogen-bond acceptors (Lipinski definition) is 5. The minimum atomic E-state index is -3.68. The van der Waals surface area contributed by atoms with Crippen molar-refractivity contribution >= 4 is 21.9 Å². The molecule has 1 aliphatic rings. The summed E-state index contributed by atoms with van der Waals surface area (Å²) in [6, 6.07) is 5.83. The van der Waals surface area contributed by atoms with Gasteiger partial charge < -0.3 is 10.1 Å². The zero-order valence-electron chi connectivity index (χ0n) is 17.7. The lowest BCUT2D eigenvalue weighted by Gasteiger charge is -2.30. The molecule has 1 saturated carbocycles. The number of hydrogen-bond donors (Lipinski definition) is 1. The summed E-state index contributed by atoms with van der Waals surface area (Å²) in [5, 5.41) is 2.97. The zero-order chi connectivity index (χ0) is 21.6. The minimum absolute atomic E-state index is 0.0313. The zero-order valence-corrected chi connectivity index (χ0v) is 18.5. The van der Waals surface area contributed by atoms with Crippen LogP contribution >= 0.6 is 0 Å². The highest BCUT2D eigenvalue weighted by atomic mass is 32.2. The van der Waals surface area contributed by atoms with Gasteiger partial charge in [-0.25, -0.2) is 13.2 Å². The Morgan fingerprint density at radius 2 is 1.86 bits per heavy atom. The van der Waals surface area contributed by atoms with Crippen LogP contribution in [-0.4, -0.2) is 49.8 Å². The van der Waals surface area contributed by atoms with E-state index in [1.54, 1.807) is 13.8 Å². The Hall–Kier alpha value is -1.93. The topological polar surface area (TPSA) is 92.8 Å². The number of sulfonamides is 1. The summed E-state index contributed by atoms with van der Waals surface area (Å²) in [7, 11) is -3.68. The number of carbonyl (C=O) groups is 2. The van der Waals surface area contributed by atoms with E-state index < -0.39 is 22.1 Å². The first-order valence-corrected chi connectivity index (χ1v) is 11.8. The van der Waals surface area contributed by atoms with Crippen LogP contribution in [0.5, 0.6) is 0 Å². The van der Waals surface area contributed by atoms with Crippen LogP contribution in [0, 0.1) is 5.92 Å². The van der Waals surface area contributed by atoms with Crippen LogP contribution in [0.2, 0.25) is 0 Å². The second-order valence-corrected chi connectivity index (χ2v) is 9.48. The number of esters is 1. The van der Waals surface area contributed by atoms with Gasteiger partial charge in [0.25, 0.3) is 5.91 Å². The Morgan fingerprint density at radius 3 is 2.48 bits per heavy atom. The molecule has 1 fully saturated rings. The van der Waals surface area contributed by atoms with Gasteiger partial charge in [0.2, 0.25) is 10.0 Å². The van der Waals surface area contributed by atoms with Crippen LogP contribution in [0.1, 0.15) is 63.7 Å². The van der Waals surface area contributed by atoms with E-state index in [0.29, 0.717) is 19.0 Å². The summed E-state index contributed by atoms with van der Waals surface area (Å²) in [5.41, 5.74) is 0.101. The molecule has 1 amide bonds. The third-order valence-electron chi connectivity index (χ3n) is 5.51. The molecule has 2 rings (SSSR count). The molecular formula is C21H32N2O5S. The minimum Gasteiger partial charge on any atom is -0.449 e. The smallest absolute Gasteiger partial charge is 0.338 e. The predicted octanol–water partition coefficient (Wildman–Crippen LogP) is 2.96. The monoisotopic (exact) mass is 424 g/mol. The molecular weight excluding hydrogens is 392 g/mol. The Morgan fingerprint density at radius 1 is 1.21 bits per heavy atom. The van der Waals surface area contributed by atoms with Gasteiger partial charge in [-0.3, -0.25) is 4.79 Å². The van der Waals surface area contributed by atoms with Gasteiger partial charge in [-0.2, -0.15) is 4.31 Å². The number of benzene rings is 1. The first-order chi connectivity index (χ1) is 13.7. The number of amides is 1. The highest BCUT2D eigenvalue weighted by Crippen LogP contribution is 2.24. The van der Waals surface area contributed by atoms with E-state index in [-0.39, 0.29) is 22.4 Å². The van der Waals surface area contributed by atoms with E-state index in [0.717, 1.165) is 19.3 Å². The fourth-order valence-electron chi connectivity index (χ4n) is 3.61. The average Bonchev–Trinajstić information content (AvgIpc) is 2.70. The number of carbonyl (C=O) groups excluding carboxylic acids is 2. The molecule has 3 atom stereocenters. The molecule has 7 nitrogen and oxygen atoms in total. The van der Waals surface area contributed by atoms with E-state index >= 15 is 0 Å². The van der Waals surface area contributed by atoms with Crippen LogP contribution in [0.15, 0.2) is 29.2 Å². The number of nitrogens with zero attached hydrogens (tertiary/aromatic N) is 1. The molecule has 1 N–H and O–H groups in total. The fraction of sp³-hybridized carbons (Fsp3) is 0.619. The van der Waals surface area contributed by atoms with Crippen molar-refractivity contribution in [2.75, 3.05) is 13.1 Å². The summed E-state index contributed by atoms with van der Waals surface area (Å²) >= 11 is 0. The van der Waals surface area contributed by atoms with Gasteiger partial charge in [0, 0.05) is 19.1 Å². The van der Waals surface area contributed by atoms with Crippen molar-refractivity contribution in [1.29, 1.82) is 0 Å². The molecule has 8 heteroatoms. The Labute approximate surface area is 173 Å². The maximum atomic E-state index is 12.7. The SMILES string of the molecule is CCN(CC)S(=O)(=O)c1cccc(C(=O)O[C@H](C)C(=O)N[C@H]2CCCC[C@@H]2C)c1. The quantitative estimate of drug-likeness (QED) is 0.648. The molecule has 0 spiro atoms. The number of rotatable bonds is 8. The van der Waals surface area contributed by atoms with Crippen LogP contribution in [-0.2, 0) is 19.6 Å². The molecule has 0 heterocycles. The Kier molecular flexibility index (Phi) is 8.22. The van der Waals surface area contributed by atoms with Gasteiger partial charge in [0.1, 0.15) is 0 Å². The van der Waals surface area contributed by atoms with Gasteiger partial charge in [-0.05, 0) is 43.9 Å². The van der Waals surface area contributed by atoms with Crippen LogP contribution in [0.4, 0.5) is 0 Å². The van der Waals surface area contributed by atoms with Gasteiger partial charge in [-0.15, -0.1) is 0 Å². The molecule has 1 aromatic carbocycles. The van der Waals surface area contributed by atoms with Crippen molar-refractivity contribution in [1.82, 2.24) is 9.62 Å². The molecule has 0 unspecified atom stereocenters. The van der Waals surface area contributed by atoms with E-state index in [1.165, 1.54) is 41.9 Å². The summed E-state index contributed by atoms with van der Waals surface area (Å²) in [4.78, 5) is 25.0. The van der Waals surface area contributed by atoms with Crippen molar-refractivity contribution in [3.05, 3.63) is 29.8 Å². The summed E-state index contributed by atoms with van der Waals surface area (Å²) in [6.45, 7) is 7.83. The lowest BCUT2D eigenvalue weighted by Crippen LogP contribution is -2.46. The molecule has 162 valence electrons. The van der Waals surface area contributed by atoms with Gasteiger partial charge >= 0.3 is 5.97 Å². The van der Waals surface area contributed by atoms with Gasteiger partial charge in [-0.1, -0.05) is 39.7 Å². The molecule has 0 aliphatic heterocycles. The van der Waals surface area contributed by atoms with Crippen molar-refractivity contribution in [3.8, 4) is 0 Å². The van der Waals surface area contributed by atoms with Crippen LogP contribution in [0.3, 0.4) is 0 Å². The van der Waals surface area contributed by atoms with E-state index in [9.17, 15) is 18.0 Å². The normalized spacial score (nSPS) is 20.9. The predicted molar refractivity (Wildman–Crippen MR) is 111 cm³/mol. The van der Waals surface area contributed by atoms with Crippen LogP contribution < -0.4 is 5.32 Å². The van der Waals surface area contributed by atoms with Crippen molar-refractivity contribution in [3.63, 3.8) is 0 Å². The van der Waals surface area contributed by atoms with E-state index in [1.807, 2.05) is 0 Å². The van der Waals surface area contributed by atoms with Crippen molar-refractivity contribution in [2.24, 2.45) is 5.92 Å². The molecule has 29 heavy (non-hydrogen) atoms. The van der Waals surface area contributed by atoms with Crippen molar-refractivity contribution < 1.29 is 22.7 Å². The molecule has 0 aromatic heterocycles. The lowest BCUT2D eigenvalue weighted by molar-refractivity contribution is -0.130. The molecule has 0 radical (unpaired) electrons. The van der Waals surface area contributed by atoms with E-state index in [4.69, 9.17) is 4.74 Å². The molecule has 0 saturated heterocycles. The maximum Gasteiger partial charge on any atom is 0.338 e. The fourth-order valence-corrected chi connectivity index (χ4v) is 5.11. The van der Waals surface area contributed by atoms with E-state index in [2.05, 4.69) is 12.2 Å². The molecule has 0 bridgehead atoms. The lowest BCUT2D eigenvalue weighted by atomic mass is 9.86. The third-order valence-corrected chi connectivity index (χ3v) is 7.55. The summed E-state index contributed by atoms with van der Waals surface area (Å²) in [5.74, 6) is -0.650. The average molecular weight is 425 g/mol. The first kappa shape index (κ1) is 23.3. The Bertz CT molecular complexity index is 820. The third kappa shape index (κ3) is 5.79. The Balaban J connectivity index is 2.06. The largest absolute Gasteiger partial charge is 0.449 e. The second kappa shape index (κ2) is 10.2. The molecule has 1 aromatic rings. The second-order valence-electron chi connectivity index (χ2n) is 7.54. The standard InChI is InChI=1S/C21H32N2O5S/c1-5-23(6-2)29(26,27)18-12-9-11-17(14-18)21(25)28-16(4)20(24)22-19-13-8-7-10-15(19)3/h9,11-12,14-16,19H,5-8,10,13H2,1-4H3,(H,22,24)/t15-,16+,19-/m0/s1. The van der Waals surface area contributed by atoms with Gasteiger partial charge in [0.05, 0.1) is 10.5 Å². The first-order valence-electron chi connectivity index (χ1n) is 10.3. The van der Waals surface area contributed by atoms with Gasteiger partial charge in [0.15, 0.2) is 6.10 Å². The highest BCUT2D eigenvalue weighted by molar-refractivity contribution is 7.89. The number of ether oxygens (including phenoxy) is 1. The maximum absolute atomic E-state index is 12.7. The summed E-state index contributed by atoms with van der Waals surface area (Å²) < 4.78 is 31.9. The number of nitrogens with one attached hydrogen (secondary N) is 1. The van der Waals surface area contributed by atoms with Crippen molar-refractivity contribution in [2.45, 2.75) is 70.4 Å². The highest BCUT2D eigenvalue weighted by Gasteiger charge is 2.27. The summed E-state index contributed by atoms with van der Waals surface area (Å²) in [6.07, 6.45) is 3.30. The van der Waals surface area contributed by atoms with Crippen LogP contribution in [0.25, 0.3) is 0 Å².